The minimum Gasteiger partial charge on any atom is -0.392 e. The molecule has 1 aliphatic rings. The SMILES string of the molecule is O=S(=O)(c1ccc(Cl)c(Cl)c1)N1CCC(O)C1. The molecule has 1 atom stereocenters. The number of β-amino-alcohol motifs (C(OH)–C–C–N with tert-alkyl or cyclic N) is 1. The molecule has 7 heteroatoms. The van der Waals surface area contributed by atoms with Crippen LogP contribution in [0.15, 0.2) is 23.1 Å². The van der Waals surface area contributed by atoms with Crippen molar-refractivity contribution < 1.29 is 13.5 Å². The molecule has 1 aromatic rings. The van der Waals surface area contributed by atoms with Crippen LogP contribution >= 0.6 is 23.2 Å². The Labute approximate surface area is 110 Å². The van der Waals surface area contributed by atoms with Crippen LogP contribution in [0, 0.1) is 0 Å². The molecule has 0 saturated carbocycles. The molecule has 17 heavy (non-hydrogen) atoms. The summed E-state index contributed by atoms with van der Waals surface area (Å²) in [6.45, 7) is 0.451. The van der Waals surface area contributed by atoms with Crippen molar-refractivity contribution in [1.29, 1.82) is 0 Å². The molecule has 0 bridgehead atoms. The second-order valence-corrected chi connectivity index (χ2v) is 6.63. The van der Waals surface area contributed by atoms with Crippen LogP contribution in [0.2, 0.25) is 10.0 Å². The normalized spacial score (nSPS) is 21.9. The van der Waals surface area contributed by atoms with Gasteiger partial charge in [-0.1, -0.05) is 23.2 Å². The molecule has 1 saturated heterocycles. The molecule has 1 unspecified atom stereocenters. The van der Waals surface area contributed by atoms with E-state index in [9.17, 15) is 13.5 Å². The fourth-order valence-corrected chi connectivity index (χ4v) is 3.60. The summed E-state index contributed by atoms with van der Waals surface area (Å²) in [7, 11) is -3.58. The highest BCUT2D eigenvalue weighted by Crippen LogP contribution is 2.27. The fourth-order valence-electron chi connectivity index (χ4n) is 1.72. The number of hydrogen-bond donors (Lipinski definition) is 1. The van der Waals surface area contributed by atoms with Gasteiger partial charge in [-0.25, -0.2) is 8.42 Å². The van der Waals surface area contributed by atoms with Gasteiger partial charge in [0, 0.05) is 13.1 Å². The van der Waals surface area contributed by atoms with E-state index >= 15 is 0 Å². The molecular formula is C10H11Cl2NO3S. The summed E-state index contributed by atoms with van der Waals surface area (Å²) in [6.07, 6.45) is -0.131. The predicted octanol–water partition coefficient (Wildman–Crippen LogP) is 1.75. The summed E-state index contributed by atoms with van der Waals surface area (Å²) in [5, 5.41) is 9.87. The highest BCUT2D eigenvalue weighted by molar-refractivity contribution is 7.89. The average Bonchev–Trinajstić information content (AvgIpc) is 2.69. The number of rotatable bonds is 2. The standard InChI is InChI=1S/C10H11Cl2NO3S/c11-9-2-1-8(5-10(9)12)17(15,16)13-4-3-7(14)6-13/h1-2,5,7,14H,3-4,6H2. The zero-order valence-corrected chi connectivity index (χ0v) is 11.1. The van der Waals surface area contributed by atoms with Gasteiger partial charge in [0.05, 0.1) is 21.0 Å². The highest BCUT2D eigenvalue weighted by Gasteiger charge is 2.31. The predicted molar refractivity (Wildman–Crippen MR) is 65.8 cm³/mol. The Bertz CT molecular complexity index is 532. The van der Waals surface area contributed by atoms with Gasteiger partial charge in [-0.15, -0.1) is 0 Å². The summed E-state index contributed by atoms with van der Waals surface area (Å²) in [4.78, 5) is 0.0981. The van der Waals surface area contributed by atoms with Gasteiger partial charge in [-0.2, -0.15) is 4.31 Å². The molecule has 0 aliphatic carbocycles. The van der Waals surface area contributed by atoms with Crippen molar-refractivity contribution in [2.24, 2.45) is 0 Å². The molecular weight excluding hydrogens is 285 g/mol. The molecule has 4 nitrogen and oxygen atoms in total. The van der Waals surface area contributed by atoms with E-state index in [0.717, 1.165) is 0 Å². The van der Waals surface area contributed by atoms with Crippen molar-refractivity contribution in [3.05, 3.63) is 28.2 Å². The molecule has 2 rings (SSSR count). The fraction of sp³-hybridized carbons (Fsp3) is 0.400. The van der Waals surface area contributed by atoms with Crippen molar-refractivity contribution >= 4 is 33.2 Å². The first-order valence-electron chi connectivity index (χ1n) is 5.04. The Morgan fingerprint density at radius 1 is 1.29 bits per heavy atom. The van der Waals surface area contributed by atoms with Crippen LogP contribution in [-0.2, 0) is 10.0 Å². The lowest BCUT2D eigenvalue weighted by molar-refractivity contribution is 0.189. The van der Waals surface area contributed by atoms with Crippen molar-refractivity contribution in [3.63, 3.8) is 0 Å². The number of hydrogen-bond acceptors (Lipinski definition) is 3. The number of benzene rings is 1. The first kappa shape index (κ1) is 13.1. The average molecular weight is 296 g/mol. The lowest BCUT2D eigenvalue weighted by Gasteiger charge is -2.15. The lowest BCUT2D eigenvalue weighted by atomic mass is 10.3. The van der Waals surface area contributed by atoms with E-state index in [-0.39, 0.29) is 16.5 Å². The van der Waals surface area contributed by atoms with Gasteiger partial charge in [0.2, 0.25) is 10.0 Å². The Morgan fingerprint density at radius 3 is 2.53 bits per heavy atom. The quantitative estimate of drug-likeness (QED) is 0.904. The van der Waals surface area contributed by atoms with Crippen molar-refractivity contribution in [2.75, 3.05) is 13.1 Å². The zero-order chi connectivity index (χ0) is 12.6. The topological polar surface area (TPSA) is 57.6 Å². The maximum absolute atomic E-state index is 12.2. The van der Waals surface area contributed by atoms with Gasteiger partial charge < -0.3 is 5.11 Å². The maximum Gasteiger partial charge on any atom is 0.243 e. The molecule has 1 fully saturated rings. The molecule has 94 valence electrons. The smallest absolute Gasteiger partial charge is 0.243 e. The second kappa shape index (κ2) is 4.74. The molecule has 0 radical (unpaired) electrons. The number of halogens is 2. The maximum atomic E-state index is 12.2. The van der Waals surface area contributed by atoms with Crippen LogP contribution in [0.25, 0.3) is 0 Å². The van der Waals surface area contributed by atoms with Crippen molar-refractivity contribution in [2.45, 2.75) is 17.4 Å². The van der Waals surface area contributed by atoms with E-state index in [2.05, 4.69) is 0 Å². The van der Waals surface area contributed by atoms with E-state index in [0.29, 0.717) is 18.0 Å². The van der Waals surface area contributed by atoms with Gasteiger partial charge in [0.25, 0.3) is 0 Å². The molecule has 0 amide bonds. The zero-order valence-electron chi connectivity index (χ0n) is 8.81. The Morgan fingerprint density at radius 2 is 2.00 bits per heavy atom. The van der Waals surface area contributed by atoms with Crippen LogP contribution in [0.1, 0.15) is 6.42 Å². The molecule has 1 aromatic carbocycles. The van der Waals surface area contributed by atoms with Crippen LogP contribution in [0.5, 0.6) is 0 Å². The largest absolute Gasteiger partial charge is 0.392 e. The Hall–Kier alpha value is -0.330. The van der Waals surface area contributed by atoms with Crippen molar-refractivity contribution in [1.82, 2.24) is 4.31 Å². The van der Waals surface area contributed by atoms with Gasteiger partial charge in [0.15, 0.2) is 0 Å². The third-order valence-corrected chi connectivity index (χ3v) is 5.26. The summed E-state index contributed by atoms with van der Waals surface area (Å²) in [5.41, 5.74) is 0. The van der Waals surface area contributed by atoms with Crippen LogP contribution in [0.4, 0.5) is 0 Å². The third kappa shape index (κ3) is 2.58. The summed E-state index contributed by atoms with van der Waals surface area (Å²) in [5.74, 6) is 0. The van der Waals surface area contributed by atoms with Gasteiger partial charge in [-0.3, -0.25) is 0 Å². The van der Waals surface area contributed by atoms with E-state index < -0.39 is 16.1 Å². The third-order valence-electron chi connectivity index (χ3n) is 2.65. The molecule has 1 heterocycles. The summed E-state index contributed by atoms with van der Waals surface area (Å²) in [6, 6.07) is 4.18. The van der Waals surface area contributed by atoms with Gasteiger partial charge in [0.1, 0.15) is 0 Å². The minimum absolute atomic E-state index is 0.0981. The van der Waals surface area contributed by atoms with E-state index in [1.165, 1.54) is 22.5 Å². The van der Waals surface area contributed by atoms with E-state index in [1.54, 1.807) is 0 Å². The number of sulfonamides is 1. The second-order valence-electron chi connectivity index (χ2n) is 3.88. The lowest BCUT2D eigenvalue weighted by Crippen LogP contribution is -2.29. The number of aliphatic hydroxyl groups excluding tert-OH is 1. The summed E-state index contributed by atoms with van der Waals surface area (Å²) >= 11 is 11.5. The molecule has 0 aromatic heterocycles. The monoisotopic (exact) mass is 295 g/mol. The van der Waals surface area contributed by atoms with E-state index in [4.69, 9.17) is 23.2 Å². The molecule has 1 aliphatic heterocycles. The number of aliphatic hydroxyl groups is 1. The van der Waals surface area contributed by atoms with Crippen LogP contribution in [-0.4, -0.2) is 37.0 Å². The van der Waals surface area contributed by atoms with Crippen LogP contribution < -0.4 is 0 Å². The number of nitrogens with zero attached hydrogens (tertiary/aromatic N) is 1. The Balaban J connectivity index is 2.35. The van der Waals surface area contributed by atoms with Crippen molar-refractivity contribution in [3.8, 4) is 0 Å². The van der Waals surface area contributed by atoms with Gasteiger partial charge in [-0.05, 0) is 24.6 Å². The van der Waals surface area contributed by atoms with Crippen LogP contribution in [0.3, 0.4) is 0 Å². The first-order chi connectivity index (χ1) is 7.91. The van der Waals surface area contributed by atoms with E-state index in [1.807, 2.05) is 0 Å². The highest BCUT2D eigenvalue weighted by atomic mass is 35.5. The minimum atomic E-state index is -3.58. The molecule has 0 spiro atoms. The first-order valence-corrected chi connectivity index (χ1v) is 7.24. The Kier molecular flexibility index (Phi) is 3.66. The molecule has 1 N–H and O–H groups in total. The van der Waals surface area contributed by atoms with Gasteiger partial charge >= 0.3 is 0 Å². The summed E-state index contributed by atoms with van der Waals surface area (Å²) < 4.78 is 25.6.